The molecule has 1 amide bonds. The third-order valence-corrected chi connectivity index (χ3v) is 3.03. The second-order valence-corrected chi connectivity index (χ2v) is 4.73. The molecule has 0 spiro atoms. The molecule has 0 unspecified atom stereocenters. The van der Waals surface area contributed by atoms with Gasteiger partial charge in [-0.2, -0.15) is 10.2 Å². The molecular formula is C15H15N5O. The Kier molecular flexibility index (Phi) is 3.51. The van der Waals surface area contributed by atoms with Gasteiger partial charge in [-0.25, -0.2) is 0 Å². The van der Waals surface area contributed by atoms with E-state index >= 15 is 0 Å². The lowest BCUT2D eigenvalue weighted by atomic mass is 10.2. The van der Waals surface area contributed by atoms with Crippen molar-refractivity contribution in [2.45, 2.75) is 6.54 Å². The summed E-state index contributed by atoms with van der Waals surface area (Å²) in [5.41, 5.74) is 2.21. The zero-order valence-electron chi connectivity index (χ0n) is 11.6. The first-order valence-electron chi connectivity index (χ1n) is 6.58. The largest absolute Gasteiger partial charge is 0.321 e. The molecular weight excluding hydrogens is 266 g/mol. The number of aromatic nitrogens is 4. The highest BCUT2D eigenvalue weighted by Gasteiger charge is 2.09. The minimum atomic E-state index is -0.216. The molecule has 0 fully saturated rings. The molecule has 0 aliphatic heterocycles. The van der Waals surface area contributed by atoms with Gasteiger partial charge in [0.2, 0.25) is 0 Å². The van der Waals surface area contributed by atoms with Gasteiger partial charge in [0.1, 0.15) is 0 Å². The lowest BCUT2D eigenvalue weighted by Crippen LogP contribution is -2.13. The van der Waals surface area contributed by atoms with Crippen LogP contribution in [0.4, 0.5) is 5.69 Å². The maximum Gasteiger partial charge on any atom is 0.276 e. The molecule has 0 saturated carbocycles. The Morgan fingerprint density at radius 2 is 2.14 bits per heavy atom. The minimum absolute atomic E-state index is 0.216. The van der Waals surface area contributed by atoms with Gasteiger partial charge in [-0.3, -0.25) is 14.2 Å². The monoisotopic (exact) mass is 281 g/mol. The highest BCUT2D eigenvalue weighted by Crippen LogP contribution is 2.13. The van der Waals surface area contributed by atoms with Crippen LogP contribution in [-0.4, -0.2) is 25.5 Å². The maximum atomic E-state index is 12.1. The normalized spacial score (nSPS) is 10.5. The molecule has 6 heteroatoms. The second-order valence-electron chi connectivity index (χ2n) is 4.73. The summed E-state index contributed by atoms with van der Waals surface area (Å²) in [5.74, 6) is -0.216. The molecule has 1 aromatic carbocycles. The van der Waals surface area contributed by atoms with E-state index in [0.29, 0.717) is 12.2 Å². The summed E-state index contributed by atoms with van der Waals surface area (Å²) in [6.45, 7) is 0.667. The van der Waals surface area contributed by atoms with Crippen LogP contribution in [0, 0.1) is 0 Å². The van der Waals surface area contributed by atoms with Crippen molar-refractivity contribution in [3.63, 3.8) is 0 Å². The molecule has 106 valence electrons. The molecule has 2 aromatic heterocycles. The fourth-order valence-electron chi connectivity index (χ4n) is 2.06. The quantitative estimate of drug-likeness (QED) is 0.794. The zero-order chi connectivity index (χ0) is 14.7. The van der Waals surface area contributed by atoms with E-state index in [-0.39, 0.29) is 5.91 Å². The second kappa shape index (κ2) is 5.62. The van der Waals surface area contributed by atoms with E-state index < -0.39 is 0 Å². The number of carbonyl (C=O) groups excluding carboxylic acids is 1. The fourth-order valence-corrected chi connectivity index (χ4v) is 2.06. The van der Waals surface area contributed by atoms with Crippen LogP contribution in [0.3, 0.4) is 0 Å². The third kappa shape index (κ3) is 3.17. The summed E-state index contributed by atoms with van der Waals surface area (Å²) in [6.07, 6.45) is 5.38. The van der Waals surface area contributed by atoms with E-state index in [0.717, 1.165) is 11.3 Å². The average molecular weight is 281 g/mol. The number of amides is 1. The van der Waals surface area contributed by atoms with Crippen LogP contribution < -0.4 is 5.32 Å². The third-order valence-electron chi connectivity index (χ3n) is 3.03. The Labute approximate surface area is 122 Å². The number of nitrogens with zero attached hydrogens (tertiary/aromatic N) is 4. The topological polar surface area (TPSA) is 64.7 Å². The van der Waals surface area contributed by atoms with Crippen LogP contribution in [0.25, 0.3) is 0 Å². The van der Waals surface area contributed by atoms with Crippen LogP contribution in [0.5, 0.6) is 0 Å². The molecule has 0 radical (unpaired) electrons. The highest BCUT2D eigenvalue weighted by molar-refractivity contribution is 6.02. The summed E-state index contributed by atoms with van der Waals surface area (Å²) in [6, 6.07) is 11.3. The van der Waals surface area contributed by atoms with Gasteiger partial charge in [0.05, 0.1) is 6.54 Å². The predicted molar refractivity (Wildman–Crippen MR) is 78.9 cm³/mol. The van der Waals surface area contributed by atoms with Gasteiger partial charge in [0, 0.05) is 31.3 Å². The zero-order valence-corrected chi connectivity index (χ0v) is 11.6. The minimum Gasteiger partial charge on any atom is -0.321 e. The van der Waals surface area contributed by atoms with Crippen molar-refractivity contribution in [1.82, 2.24) is 19.6 Å². The van der Waals surface area contributed by atoms with Gasteiger partial charge >= 0.3 is 0 Å². The Morgan fingerprint density at radius 3 is 2.86 bits per heavy atom. The van der Waals surface area contributed by atoms with Crippen molar-refractivity contribution >= 4 is 11.6 Å². The molecule has 0 saturated heterocycles. The van der Waals surface area contributed by atoms with Crippen molar-refractivity contribution in [2.24, 2.45) is 7.05 Å². The van der Waals surface area contributed by atoms with Crippen LogP contribution in [0.2, 0.25) is 0 Å². The first-order valence-corrected chi connectivity index (χ1v) is 6.58. The van der Waals surface area contributed by atoms with E-state index in [4.69, 9.17) is 0 Å². The molecule has 0 bridgehead atoms. The van der Waals surface area contributed by atoms with E-state index in [1.165, 1.54) is 0 Å². The van der Waals surface area contributed by atoms with E-state index in [1.54, 1.807) is 30.2 Å². The Morgan fingerprint density at radius 1 is 1.24 bits per heavy atom. The molecule has 1 N–H and O–H groups in total. The molecule has 0 atom stereocenters. The van der Waals surface area contributed by atoms with Crippen molar-refractivity contribution in [1.29, 1.82) is 0 Å². The smallest absolute Gasteiger partial charge is 0.276 e. The van der Waals surface area contributed by atoms with Crippen LogP contribution in [0.1, 0.15) is 16.1 Å². The first-order chi connectivity index (χ1) is 10.2. The summed E-state index contributed by atoms with van der Waals surface area (Å²) in [7, 11) is 1.78. The number of hydrogen-bond acceptors (Lipinski definition) is 3. The Balaban J connectivity index is 1.72. The Bertz CT molecular complexity index is 745. The standard InChI is InChI=1S/C15H15N5O/c1-19-9-6-14(18-19)15(21)17-13-5-2-4-12(10-13)11-20-8-3-7-16-20/h2-10H,11H2,1H3,(H,17,21). The van der Waals surface area contributed by atoms with Crippen LogP contribution in [0.15, 0.2) is 55.0 Å². The summed E-state index contributed by atoms with van der Waals surface area (Å²) < 4.78 is 3.43. The van der Waals surface area contributed by atoms with Crippen molar-refractivity contribution in [3.8, 4) is 0 Å². The van der Waals surface area contributed by atoms with Crippen molar-refractivity contribution in [3.05, 3.63) is 66.2 Å². The maximum absolute atomic E-state index is 12.1. The van der Waals surface area contributed by atoms with E-state index in [2.05, 4.69) is 15.5 Å². The average Bonchev–Trinajstić information content (AvgIpc) is 3.11. The lowest BCUT2D eigenvalue weighted by Gasteiger charge is -2.06. The van der Waals surface area contributed by atoms with Crippen molar-refractivity contribution in [2.75, 3.05) is 5.32 Å². The van der Waals surface area contributed by atoms with Crippen molar-refractivity contribution < 1.29 is 4.79 Å². The number of carbonyl (C=O) groups is 1. The van der Waals surface area contributed by atoms with Gasteiger partial charge in [-0.05, 0) is 29.8 Å². The van der Waals surface area contributed by atoms with Gasteiger partial charge < -0.3 is 5.32 Å². The molecule has 3 aromatic rings. The van der Waals surface area contributed by atoms with Gasteiger partial charge in [0.25, 0.3) is 5.91 Å². The highest BCUT2D eigenvalue weighted by atomic mass is 16.1. The van der Waals surface area contributed by atoms with E-state index in [9.17, 15) is 4.79 Å². The molecule has 6 nitrogen and oxygen atoms in total. The number of rotatable bonds is 4. The Hall–Kier alpha value is -2.89. The summed E-state index contributed by atoms with van der Waals surface area (Å²) in [4.78, 5) is 12.1. The number of benzene rings is 1. The first kappa shape index (κ1) is 13.1. The summed E-state index contributed by atoms with van der Waals surface area (Å²) in [5, 5.41) is 11.1. The predicted octanol–water partition coefficient (Wildman–Crippen LogP) is 1.92. The number of anilines is 1. The summed E-state index contributed by atoms with van der Waals surface area (Å²) >= 11 is 0. The fraction of sp³-hybridized carbons (Fsp3) is 0.133. The molecule has 0 aliphatic carbocycles. The van der Waals surface area contributed by atoms with Gasteiger partial charge in [0.15, 0.2) is 5.69 Å². The molecule has 3 rings (SSSR count). The molecule has 0 aliphatic rings. The van der Waals surface area contributed by atoms with Crippen LogP contribution in [-0.2, 0) is 13.6 Å². The van der Waals surface area contributed by atoms with Crippen LogP contribution >= 0.6 is 0 Å². The number of hydrogen-bond donors (Lipinski definition) is 1. The van der Waals surface area contributed by atoms with Gasteiger partial charge in [-0.1, -0.05) is 12.1 Å². The number of aryl methyl sites for hydroxylation is 1. The number of nitrogens with one attached hydrogen (secondary N) is 1. The SMILES string of the molecule is Cn1ccc(C(=O)Nc2cccc(Cn3cccn3)c2)n1. The molecule has 2 heterocycles. The lowest BCUT2D eigenvalue weighted by molar-refractivity contribution is 0.102. The molecule has 21 heavy (non-hydrogen) atoms. The van der Waals surface area contributed by atoms with E-state index in [1.807, 2.05) is 41.2 Å². The van der Waals surface area contributed by atoms with Gasteiger partial charge in [-0.15, -0.1) is 0 Å².